The van der Waals surface area contributed by atoms with E-state index in [0.29, 0.717) is 6.04 Å². The highest BCUT2D eigenvalue weighted by Crippen LogP contribution is 2.25. The zero-order valence-corrected chi connectivity index (χ0v) is 17.2. The molecule has 1 saturated carbocycles. The van der Waals surface area contributed by atoms with E-state index in [9.17, 15) is 0 Å². The topological polar surface area (TPSA) is 42.9 Å². The molecule has 1 atom stereocenters. The molecule has 2 heterocycles. The molecule has 5 heteroatoms. The van der Waals surface area contributed by atoms with Crippen LogP contribution >= 0.6 is 0 Å². The normalized spacial score (nSPS) is 28.2. The van der Waals surface area contributed by atoms with Gasteiger partial charge in [0.1, 0.15) is 0 Å². The molecule has 3 rings (SSSR count). The van der Waals surface area contributed by atoms with Crippen LogP contribution in [0.4, 0.5) is 0 Å². The van der Waals surface area contributed by atoms with Crippen LogP contribution in [-0.2, 0) is 0 Å². The van der Waals surface area contributed by atoms with E-state index >= 15 is 0 Å². The van der Waals surface area contributed by atoms with Crippen LogP contribution in [0.15, 0.2) is 4.99 Å². The predicted molar refractivity (Wildman–Crippen MR) is 111 cm³/mol. The summed E-state index contributed by atoms with van der Waals surface area (Å²) >= 11 is 0. The van der Waals surface area contributed by atoms with Crippen LogP contribution in [0.25, 0.3) is 0 Å². The third-order valence-electron chi connectivity index (χ3n) is 6.67. The molecule has 2 aliphatic heterocycles. The highest BCUT2D eigenvalue weighted by Gasteiger charge is 2.23. The molecule has 5 nitrogen and oxygen atoms in total. The number of hydrogen-bond acceptors (Lipinski definition) is 3. The SMILES string of the molecule is CN=C(NCC1CCCN(C)C1)NC1CCN(CC2CCCCC2)CC1. The lowest BCUT2D eigenvalue weighted by atomic mass is 9.88. The van der Waals surface area contributed by atoms with Crippen molar-refractivity contribution < 1.29 is 0 Å². The average molecular weight is 364 g/mol. The first kappa shape index (κ1) is 19.9. The van der Waals surface area contributed by atoms with Gasteiger partial charge in [0.05, 0.1) is 0 Å². The third-order valence-corrected chi connectivity index (χ3v) is 6.67. The van der Waals surface area contributed by atoms with E-state index < -0.39 is 0 Å². The lowest BCUT2D eigenvalue weighted by molar-refractivity contribution is 0.160. The second-order valence-electron chi connectivity index (χ2n) is 8.95. The van der Waals surface area contributed by atoms with Crippen LogP contribution in [0.5, 0.6) is 0 Å². The van der Waals surface area contributed by atoms with Gasteiger partial charge in [-0.2, -0.15) is 0 Å². The van der Waals surface area contributed by atoms with Gasteiger partial charge in [-0.05, 0) is 64.0 Å². The minimum atomic E-state index is 0.581. The molecule has 0 radical (unpaired) electrons. The van der Waals surface area contributed by atoms with Crippen molar-refractivity contribution in [2.24, 2.45) is 16.8 Å². The van der Waals surface area contributed by atoms with Gasteiger partial charge in [-0.15, -0.1) is 0 Å². The fourth-order valence-corrected chi connectivity index (χ4v) is 5.06. The van der Waals surface area contributed by atoms with Crippen LogP contribution in [0, 0.1) is 11.8 Å². The first-order chi connectivity index (χ1) is 12.7. The summed E-state index contributed by atoms with van der Waals surface area (Å²) in [7, 11) is 4.14. The summed E-state index contributed by atoms with van der Waals surface area (Å²) in [6, 6.07) is 0.581. The van der Waals surface area contributed by atoms with E-state index in [0.717, 1.165) is 24.3 Å². The Morgan fingerprint density at radius 2 is 1.65 bits per heavy atom. The first-order valence-electron chi connectivity index (χ1n) is 11.1. The lowest BCUT2D eigenvalue weighted by Gasteiger charge is -2.36. The van der Waals surface area contributed by atoms with E-state index in [-0.39, 0.29) is 0 Å². The van der Waals surface area contributed by atoms with Gasteiger partial charge in [0.25, 0.3) is 0 Å². The van der Waals surface area contributed by atoms with E-state index in [1.807, 2.05) is 7.05 Å². The van der Waals surface area contributed by atoms with Crippen LogP contribution in [0.2, 0.25) is 0 Å². The summed E-state index contributed by atoms with van der Waals surface area (Å²) in [6.07, 6.45) is 12.5. The van der Waals surface area contributed by atoms with Gasteiger partial charge in [0.2, 0.25) is 0 Å². The van der Waals surface area contributed by atoms with Crippen molar-refractivity contribution in [2.75, 3.05) is 53.4 Å². The number of nitrogens with zero attached hydrogens (tertiary/aromatic N) is 3. The molecule has 150 valence electrons. The summed E-state index contributed by atoms with van der Waals surface area (Å²) in [5.41, 5.74) is 0. The Labute approximate surface area is 161 Å². The monoisotopic (exact) mass is 363 g/mol. The van der Waals surface area contributed by atoms with Crippen molar-refractivity contribution in [1.29, 1.82) is 0 Å². The van der Waals surface area contributed by atoms with E-state index in [2.05, 4.69) is 32.5 Å². The van der Waals surface area contributed by atoms with Crippen molar-refractivity contribution in [2.45, 2.75) is 63.8 Å². The van der Waals surface area contributed by atoms with Gasteiger partial charge in [0.15, 0.2) is 5.96 Å². The maximum absolute atomic E-state index is 4.47. The molecule has 0 aromatic rings. The molecular formula is C21H41N5. The number of hydrogen-bond donors (Lipinski definition) is 2. The number of guanidine groups is 1. The highest BCUT2D eigenvalue weighted by molar-refractivity contribution is 5.79. The van der Waals surface area contributed by atoms with Crippen LogP contribution in [0.3, 0.4) is 0 Å². The van der Waals surface area contributed by atoms with E-state index in [1.165, 1.54) is 90.5 Å². The molecule has 1 unspecified atom stereocenters. The molecule has 0 spiro atoms. The Kier molecular flexibility index (Phi) is 8.06. The second kappa shape index (κ2) is 10.5. The van der Waals surface area contributed by atoms with Gasteiger partial charge in [-0.25, -0.2) is 0 Å². The fourth-order valence-electron chi connectivity index (χ4n) is 5.06. The third kappa shape index (κ3) is 6.41. The van der Waals surface area contributed by atoms with Crippen molar-refractivity contribution >= 4 is 5.96 Å². The number of nitrogens with one attached hydrogen (secondary N) is 2. The maximum atomic E-state index is 4.47. The van der Waals surface area contributed by atoms with Crippen molar-refractivity contribution in [3.8, 4) is 0 Å². The van der Waals surface area contributed by atoms with Crippen molar-refractivity contribution in [1.82, 2.24) is 20.4 Å². The molecule has 0 aromatic carbocycles. The maximum Gasteiger partial charge on any atom is 0.191 e. The quantitative estimate of drug-likeness (QED) is 0.582. The van der Waals surface area contributed by atoms with Gasteiger partial charge < -0.3 is 20.4 Å². The molecular weight excluding hydrogens is 322 g/mol. The molecule has 26 heavy (non-hydrogen) atoms. The smallest absolute Gasteiger partial charge is 0.191 e. The minimum Gasteiger partial charge on any atom is -0.356 e. The second-order valence-corrected chi connectivity index (χ2v) is 8.95. The number of likely N-dealkylation sites (tertiary alicyclic amines) is 2. The Balaban J connectivity index is 1.33. The average Bonchev–Trinajstić information content (AvgIpc) is 2.67. The molecule has 1 aliphatic carbocycles. The highest BCUT2D eigenvalue weighted by atomic mass is 15.2. The molecule has 0 bridgehead atoms. The zero-order valence-electron chi connectivity index (χ0n) is 17.2. The molecule has 0 amide bonds. The Bertz CT molecular complexity index is 424. The summed E-state index contributed by atoms with van der Waals surface area (Å²) in [5.74, 6) is 2.73. The van der Waals surface area contributed by atoms with Gasteiger partial charge in [-0.3, -0.25) is 4.99 Å². The van der Waals surface area contributed by atoms with Crippen LogP contribution in [-0.4, -0.2) is 75.2 Å². The Morgan fingerprint density at radius 3 is 2.35 bits per heavy atom. The van der Waals surface area contributed by atoms with Crippen molar-refractivity contribution in [3.63, 3.8) is 0 Å². The number of aliphatic imine (C=N–C) groups is 1. The number of piperidine rings is 2. The molecule has 2 saturated heterocycles. The van der Waals surface area contributed by atoms with Gasteiger partial charge in [0, 0.05) is 45.8 Å². The van der Waals surface area contributed by atoms with E-state index in [4.69, 9.17) is 0 Å². The summed E-state index contributed by atoms with van der Waals surface area (Å²) in [4.78, 5) is 9.63. The van der Waals surface area contributed by atoms with Crippen LogP contribution in [0.1, 0.15) is 57.8 Å². The Hall–Kier alpha value is -0.810. The zero-order chi connectivity index (χ0) is 18.2. The molecule has 3 aliphatic rings. The summed E-state index contributed by atoms with van der Waals surface area (Å²) in [5, 5.41) is 7.26. The minimum absolute atomic E-state index is 0.581. The van der Waals surface area contributed by atoms with Gasteiger partial charge in [-0.1, -0.05) is 19.3 Å². The van der Waals surface area contributed by atoms with Crippen LogP contribution < -0.4 is 10.6 Å². The van der Waals surface area contributed by atoms with E-state index in [1.54, 1.807) is 0 Å². The largest absolute Gasteiger partial charge is 0.356 e. The Morgan fingerprint density at radius 1 is 0.923 bits per heavy atom. The lowest BCUT2D eigenvalue weighted by Crippen LogP contribution is -2.50. The first-order valence-corrected chi connectivity index (χ1v) is 11.1. The molecule has 2 N–H and O–H groups in total. The standard InChI is InChI=1S/C21H41N5/c1-22-21(23-15-19-9-6-12-25(2)16-19)24-20-10-13-26(14-11-20)17-18-7-4-3-5-8-18/h18-20H,3-17H2,1-2H3,(H2,22,23,24). The summed E-state index contributed by atoms with van der Waals surface area (Å²) in [6.45, 7) is 7.35. The molecule has 0 aromatic heterocycles. The van der Waals surface area contributed by atoms with Gasteiger partial charge >= 0.3 is 0 Å². The number of rotatable bonds is 5. The van der Waals surface area contributed by atoms with Crippen molar-refractivity contribution in [3.05, 3.63) is 0 Å². The predicted octanol–water partition coefficient (Wildman–Crippen LogP) is 2.54. The molecule has 3 fully saturated rings. The summed E-state index contributed by atoms with van der Waals surface area (Å²) < 4.78 is 0. The fraction of sp³-hybridized carbons (Fsp3) is 0.952.